The number of nitrogen functional groups attached to an aromatic ring is 1. The van der Waals surface area contributed by atoms with E-state index in [0.717, 1.165) is 17.8 Å². The van der Waals surface area contributed by atoms with Crippen LogP contribution in [-0.4, -0.2) is 20.1 Å². The Balaban J connectivity index is 1.51. The standard InChI is InChI=1S/C23H18F3N5O2/c24-23(25,26)20-11-17(9-10-28-20)33-16-7-5-15(6-8-16)29-21-12-19(30-22(27)31-21)18-4-2-1-3-14(18)13-32/h1-12,32H,13H2,(H3,27,29,30,31). The summed E-state index contributed by atoms with van der Waals surface area (Å²) in [5.41, 5.74) is 7.46. The zero-order valence-electron chi connectivity index (χ0n) is 17.0. The molecule has 4 N–H and O–H groups in total. The number of benzene rings is 2. The van der Waals surface area contributed by atoms with Crippen LogP contribution in [0, 0.1) is 0 Å². The van der Waals surface area contributed by atoms with Crippen LogP contribution in [-0.2, 0) is 12.8 Å². The van der Waals surface area contributed by atoms with Crippen molar-refractivity contribution in [3.63, 3.8) is 0 Å². The topological polar surface area (TPSA) is 106 Å². The molecular formula is C23H18F3N5O2. The van der Waals surface area contributed by atoms with E-state index >= 15 is 0 Å². The summed E-state index contributed by atoms with van der Waals surface area (Å²) in [5.74, 6) is 0.858. The fourth-order valence-electron chi connectivity index (χ4n) is 3.10. The number of nitrogens with one attached hydrogen (secondary N) is 1. The molecule has 0 bridgehead atoms. The Morgan fingerprint density at radius 3 is 2.42 bits per heavy atom. The largest absolute Gasteiger partial charge is 0.457 e. The predicted molar refractivity (Wildman–Crippen MR) is 117 cm³/mol. The lowest BCUT2D eigenvalue weighted by atomic mass is 10.0. The van der Waals surface area contributed by atoms with Crippen molar-refractivity contribution in [2.24, 2.45) is 0 Å². The van der Waals surface area contributed by atoms with Gasteiger partial charge in [-0.25, -0.2) is 4.98 Å². The first-order valence-electron chi connectivity index (χ1n) is 9.74. The van der Waals surface area contributed by atoms with Crippen molar-refractivity contribution in [3.8, 4) is 22.8 Å². The van der Waals surface area contributed by atoms with Gasteiger partial charge in [-0.2, -0.15) is 18.2 Å². The van der Waals surface area contributed by atoms with Crippen LogP contribution in [0.2, 0.25) is 0 Å². The second-order valence-corrected chi connectivity index (χ2v) is 6.94. The van der Waals surface area contributed by atoms with E-state index in [1.807, 2.05) is 18.2 Å². The van der Waals surface area contributed by atoms with Gasteiger partial charge in [0.15, 0.2) is 0 Å². The molecule has 0 amide bonds. The van der Waals surface area contributed by atoms with Crippen molar-refractivity contribution in [1.82, 2.24) is 15.0 Å². The van der Waals surface area contributed by atoms with Gasteiger partial charge < -0.3 is 20.9 Å². The first kappa shape index (κ1) is 22.0. The third-order valence-electron chi connectivity index (χ3n) is 4.59. The normalized spacial score (nSPS) is 11.3. The maximum Gasteiger partial charge on any atom is 0.433 e. The molecular weight excluding hydrogens is 435 g/mol. The minimum atomic E-state index is -4.55. The van der Waals surface area contributed by atoms with Gasteiger partial charge in [0.05, 0.1) is 12.3 Å². The number of hydrogen-bond acceptors (Lipinski definition) is 7. The average Bonchev–Trinajstić information content (AvgIpc) is 2.79. The first-order chi connectivity index (χ1) is 15.8. The third kappa shape index (κ3) is 5.36. The molecule has 10 heteroatoms. The molecule has 4 aromatic rings. The van der Waals surface area contributed by atoms with Crippen LogP contribution in [0.5, 0.6) is 11.5 Å². The number of alkyl halides is 3. The minimum Gasteiger partial charge on any atom is -0.457 e. The number of rotatable bonds is 6. The Bertz CT molecular complexity index is 1260. The first-order valence-corrected chi connectivity index (χ1v) is 9.74. The van der Waals surface area contributed by atoms with Crippen LogP contribution >= 0.6 is 0 Å². The molecule has 0 atom stereocenters. The Labute approximate surface area is 186 Å². The minimum absolute atomic E-state index is 0.0220. The van der Waals surface area contributed by atoms with Gasteiger partial charge in [-0.1, -0.05) is 24.3 Å². The van der Waals surface area contributed by atoms with E-state index in [0.29, 0.717) is 28.5 Å². The van der Waals surface area contributed by atoms with Crippen molar-refractivity contribution in [1.29, 1.82) is 0 Å². The van der Waals surface area contributed by atoms with Gasteiger partial charge in [0, 0.05) is 29.6 Å². The highest BCUT2D eigenvalue weighted by atomic mass is 19.4. The summed E-state index contributed by atoms with van der Waals surface area (Å²) in [6, 6.07) is 17.7. The fraction of sp³-hybridized carbons (Fsp3) is 0.0870. The molecule has 0 unspecified atom stereocenters. The average molecular weight is 453 g/mol. The highest BCUT2D eigenvalue weighted by Crippen LogP contribution is 2.32. The number of aromatic nitrogens is 3. The molecule has 0 aliphatic carbocycles. The summed E-state index contributed by atoms with van der Waals surface area (Å²) in [7, 11) is 0. The summed E-state index contributed by atoms with van der Waals surface area (Å²) in [6.45, 7) is -0.147. The Kier molecular flexibility index (Phi) is 6.09. The molecule has 168 valence electrons. The SMILES string of the molecule is Nc1nc(Nc2ccc(Oc3ccnc(C(F)(F)F)c3)cc2)cc(-c2ccccc2CO)n1. The number of anilines is 3. The van der Waals surface area contributed by atoms with Gasteiger partial charge in [-0.15, -0.1) is 0 Å². The van der Waals surface area contributed by atoms with E-state index in [1.54, 1.807) is 36.4 Å². The lowest BCUT2D eigenvalue weighted by Crippen LogP contribution is -2.07. The molecule has 0 aliphatic heterocycles. The number of pyridine rings is 1. The summed E-state index contributed by atoms with van der Waals surface area (Å²) >= 11 is 0. The van der Waals surface area contributed by atoms with Crippen LogP contribution in [0.4, 0.5) is 30.6 Å². The van der Waals surface area contributed by atoms with E-state index in [-0.39, 0.29) is 18.3 Å². The summed E-state index contributed by atoms with van der Waals surface area (Å²) < 4.78 is 44.0. The third-order valence-corrected chi connectivity index (χ3v) is 4.59. The predicted octanol–water partition coefficient (Wildman–Crippen LogP) is 5.17. The fourth-order valence-corrected chi connectivity index (χ4v) is 3.10. The molecule has 33 heavy (non-hydrogen) atoms. The van der Waals surface area contributed by atoms with Crippen molar-refractivity contribution in [2.45, 2.75) is 12.8 Å². The molecule has 0 saturated heterocycles. The smallest absolute Gasteiger partial charge is 0.433 e. The van der Waals surface area contributed by atoms with Gasteiger partial charge >= 0.3 is 6.18 Å². The highest BCUT2D eigenvalue weighted by Gasteiger charge is 2.32. The summed E-state index contributed by atoms with van der Waals surface area (Å²) in [4.78, 5) is 11.7. The molecule has 0 spiro atoms. The van der Waals surface area contributed by atoms with Crippen molar-refractivity contribution >= 4 is 17.5 Å². The van der Waals surface area contributed by atoms with Crippen LogP contribution < -0.4 is 15.8 Å². The molecule has 7 nitrogen and oxygen atoms in total. The number of aliphatic hydroxyl groups excluding tert-OH is 1. The van der Waals surface area contributed by atoms with Crippen molar-refractivity contribution < 1.29 is 23.0 Å². The Morgan fingerprint density at radius 1 is 0.939 bits per heavy atom. The molecule has 0 fully saturated rings. The summed E-state index contributed by atoms with van der Waals surface area (Å²) in [5, 5.41) is 12.7. The number of nitrogens with two attached hydrogens (primary N) is 1. The Morgan fingerprint density at radius 2 is 1.70 bits per heavy atom. The second kappa shape index (κ2) is 9.13. The lowest BCUT2D eigenvalue weighted by molar-refractivity contribution is -0.141. The number of aliphatic hydroxyl groups is 1. The van der Waals surface area contributed by atoms with Crippen LogP contribution in [0.1, 0.15) is 11.3 Å². The molecule has 0 aliphatic rings. The Hall–Kier alpha value is -4.18. The molecule has 0 saturated carbocycles. The number of hydrogen-bond donors (Lipinski definition) is 3. The summed E-state index contributed by atoms with van der Waals surface area (Å²) in [6.07, 6.45) is -3.51. The zero-order valence-corrected chi connectivity index (χ0v) is 17.0. The lowest BCUT2D eigenvalue weighted by Gasteiger charge is -2.12. The molecule has 4 rings (SSSR count). The van der Waals surface area contributed by atoms with E-state index in [4.69, 9.17) is 10.5 Å². The van der Waals surface area contributed by atoms with Crippen LogP contribution in [0.25, 0.3) is 11.3 Å². The van der Waals surface area contributed by atoms with Gasteiger partial charge in [0.1, 0.15) is 23.0 Å². The van der Waals surface area contributed by atoms with Gasteiger partial charge in [0.25, 0.3) is 0 Å². The van der Waals surface area contributed by atoms with Crippen molar-refractivity contribution in [3.05, 3.63) is 84.2 Å². The van der Waals surface area contributed by atoms with E-state index < -0.39 is 11.9 Å². The zero-order chi connectivity index (χ0) is 23.4. The van der Waals surface area contributed by atoms with Crippen LogP contribution in [0.15, 0.2) is 72.9 Å². The van der Waals surface area contributed by atoms with E-state index in [1.165, 1.54) is 6.07 Å². The maximum atomic E-state index is 12.8. The number of nitrogens with zero attached hydrogens (tertiary/aromatic N) is 3. The molecule has 0 radical (unpaired) electrons. The van der Waals surface area contributed by atoms with Crippen LogP contribution in [0.3, 0.4) is 0 Å². The molecule has 2 heterocycles. The second-order valence-electron chi connectivity index (χ2n) is 6.94. The quantitative estimate of drug-likeness (QED) is 0.370. The van der Waals surface area contributed by atoms with Gasteiger partial charge in [0.2, 0.25) is 5.95 Å². The highest BCUT2D eigenvalue weighted by molar-refractivity contribution is 5.69. The molecule has 2 aromatic carbocycles. The maximum absolute atomic E-state index is 12.8. The van der Waals surface area contributed by atoms with E-state index in [9.17, 15) is 18.3 Å². The monoisotopic (exact) mass is 453 g/mol. The van der Waals surface area contributed by atoms with Gasteiger partial charge in [-0.3, -0.25) is 4.98 Å². The number of ether oxygens (including phenoxy) is 1. The van der Waals surface area contributed by atoms with E-state index in [2.05, 4.69) is 20.3 Å². The molecule has 2 aromatic heterocycles. The van der Waals surface area contributed by atoms with Crippen molar-refractivity contribution in [2.75, 3.05) is 11.1 Å². The number of halogens is 3. The van der Waals surface area contributed by atoms with Gasteiger partial charge in [-0.05, 0) is 35.9 Å².